The fourth-order valence-corrected chi connectivity index (χ4v) is 2.61. The molecule has 0 aromatic carbocycles. The summed E-state index contributed by atoms with van der Waals surface area (Å²) in [4.78, 5) is 17.9. The predicted molar refractivity (Wildman–Crippen MR) is 81.0 cm³/mol. The van der Waals surface area contributed by atoms with Crippen molar-refractivity contribution >= 4 is 17.7 Å². The largest absolute Gasteiger partial charge is 0.361 e. The number of thioether (sulfide) groups is 1. The first-order valence-corrected chi connectivity index (χ1v) is 7.75. The zero-order chi connectivity index (χ0) is 15.4. The third-order valence-electron chi connectivity index (χ3n) is 3.07. The Balaban J connectivity index is 1.85. The summed E-state index contributed by atoms with van der Waals surface area (Å²) >= 11 is 1.43. The van der Waals surface area contributed by atoms with Crippen molar-refractivity contribution in [2.45, 2.75) is 31.5 Å². The molecule has 7 heteroatoms. The smallest absolute Gasteiger partial charge is 0.233 e. The lowest BCUT2D eigenvalue weighted by Crippen LogP contribution is -2.28. The van der Waals surface area contributed by atoms with Gasteiger partial charge in [0.05, 0.1) is 12.3 Å². The van der Waals surface area contributed by atoms with E-state index in [9.17, 15) is 4.79 Å². The van der Waals surface area contributed by atoms with Gasteiger partial charge in [-0.15, -0.1) is 0 Å². The third-order valence-corrected chi connectivity index (χ3v) is 4.12. The van der Waals surface area contributed by atoms with Gasteiger partial charge in [0.2, 0.25) is 5.91 Å². The minimum atomic E-state index is 0.0390. The quantitative estimate of drug-likeness (QED) is 0.766. The average molecular weight is 308 g/mol. The van der Waals surface area contributed by atoms with Crippen LogP contribution in [0.2, 0.25) is 0 Å². The molecule has 114 valence electrons. The molecule has 0 saturated heterocycles. The maximum atomic E-state index is 12.1. The highest BCUT2D eigenvalue weighted by atomic mass is 32.2. The second-order valence-electron chi connectivity index (χ2n) is 5.23. The van der Waals surface area contributed by atoms with Crippen molar-refractivity contribution in [3.05, 3.63) is 29.9 Å². The molecular weight excluding hydrogens is 288 g/mol. The van der Waals surface area contributed by atoms with Crippen molar-refractivity contribution in [2.24, 2.45) is 7.05 Å². The zero-order valence-electron chi connectivity index (χ0n) is 12.7. The molecule has 0 bridgehead atoms. The minimum absolute atomic E-state index is 0.0390. The SMILES string of the molecule is CC(C)c1cc(CN(C)C(=O)CSc2nccn2C)no1. The normalized spacial score (nSPS) is 11.1. The van der Waals surface area contributed by atoms with Gasteiger partial charge < -0.3 is 14.0 Å². The summed E-state index contributed by atoms with van der Waals surface area (Å²) in [6.45, 7) is 4.54. The number of hydrogen-bond acceptors (Lipinski definition) is 5. The Morgan fingerprint density at radius 3 is 2.86 bits per heavy atom. The van der Waals surface area contributed by atoms with Gasteiger partial charge in [0.25, 0.3) is 0 Å². The van der Waals surface area contributed by atoms with E-state index in [1.54, 1.807) is 18.1 Å². The number of aromatic nitrogens is 3. The fourth-order valence-electron chi connectivity index (χ4n) is 1.73. The molecule has 0 N–H and O–H groups in total. The van der Waals surface area contributed by atoms with E-state index in [-0.39, 0.29) is 5.91 Å². The number of carbonyl (C=O) groups excluding carboxylic acids is 1. The van der Waals surface area contributed by atoms with Gasteiger partial charge in [-0.05, 0) is 0 Å². The van der Waals surface area contributed by atoms with Crippen LogP contribution in [0.5, 0.6) is 0 Å². The van der Waals surface area contributed by atoms with Crippen LogP contribution in [0.1, 0.15) is 31.2 Å². The molecule has 1 amide bonds. The van der Waals surface area contributed by atoms with E-state index in [4.69, 9.17) is 4.52 Å². The van der Waals surface area contributed by atoms with Crippen LogP contribution in [0, 0.1) is 0 Å². The van der Waals surface area contributed by atoms with Crippen molar-refractivity contribution in [2.75, 3.05) is 12.8 Å². The molecule has 2 aromatic heterocycles. The highest BCUT2D eigenvalue weighted by Crippen LogP contribution is 2.17. The summed E-state index contributed by atoms with van der Waals surface area (Å²) in [5.74, 6) is 1.53. The highest BCUT2D eigenvalue weighted by Gasteiger charge is 2.14. The van der Waals surface area contributed by atoms with Gasteiger partial charge in [0.1, 0.15) is 11.5 Å². The highest BCUT2D eigenvalue weighted by molar-refractivity contribution is 7.99. The van der Waals surface area contributed by atoms with Gasteiger partial charge >= 0.3 is 0 Å². The molecule has 2 heterocycles. The lowest BCUT2D eigenvalue weighted by molar-refractivity contribution is -0.127. The summed E-state index contributed by atoms with van der Waals surface area (Å²) in [7, 11) is 3.68. The van der Waals surface area contributed by atoms with Gasteiger partial charge in [0.15, 0.2) is 5.16 Å². The first-order chi connectivity index (χ1) is 9.97. The Morgan fingerprint density at radius 2 is 2.29 bits per heavy atom. The molecule has 0 aliphatic heterocycles. The van der Waals surface area contributed by atoms with Crippen LogP contribution in [0.4, 0.5) is 0 Å². The van der Waals surface area contributed by atoms with Crippen LogP contribution >= 0.6 is 11.8 Å². The van der Waals surface area contributed by atoms with Gasteiger partial charge in [0, 0.05) is 38.5 Å². The first-order valence-electron chi connectivity index (χ1n) is 6.77. The van der Waals surface area contributed by atoms with Gasteiger partial charge in [-0.1, -0.05) is 30.8 Å². The van der Waals surface area contributed by atoms with E-state index >= 15 is 0 Å². The van der Waals surface area contributed by atoms with Crippen LogP contribution in [0.25, 0.3) is 0 Å². The molecule has 2 aromatic rings. The van der Waals surface area contributed by atoms with E-state index < -0.39 is 0 Å². The first kappa shape index (κ1) is 15.6. The number of hydrogen-bond donors (Lipinski definition) is 0. The fraction of sp³-hybridized carbons (Fsp3) is 0.500. The number of rotatable bonds is 6. The third kappa shape index (κ3) is 4.10. The topological polar surface area (TPSA) is 64.2 Å². The molecule has 0 saturated carbocycles. The Kier molecular flexibility index (Phi) is 5.06. The molecule has 0 aliphatic rings. The summed E-state index contributed by atoms with van der Waals surface area (Å²) in [5, 5.41) is 4.83. The Morgan fingerprint density at radius 1 is 1.52 bits per heavy atom. The summed E-state index contributed by atoms with van der Waals surface area (Å²) < 4.78 is 7.13. The van der Waals surface area contributed by atoms with E-state index in [2.05, 4.69) is 10.1 Å². The summed E-state index contributed by atoms with van der Waals surface area (Å²) in [6.07, 6.45) is 3.58. The second kappa shape index (κ2) is 6.80. The molecule has 0 radical (unpaired) electrons. The minimum Gasteiger partial charge on any atom is -0.361 e. The standard InChI is InChI=1S/C14H20N4O2S/c1-10(2)12-7-11(16-20-12)8-18(4)13(19)9-21-14-15-5-6-17(14)3/h5-7,10H,8-9H2,1-4H3. The predicted octanol–water partition coefficient (Wildman–Crippen LogP) is 2.28. The maximum absolute atomic E-state index is 12.1. The Bertz CT molecular complexity index is 606. The zero-order valence-corrected chi connectivity index (χ0v) is 13.6. The second-order valence-corrected chi connectivity index (χ2v) is 6.18. The van der Waals surface area contributed by atoms with Crippen LogP contribution < -0.4 is 0 Å². The van der Waals surface area contributed by atoms with Crippen LogP contribution in [-0.2, 0) is 18.4 Å². The molecule has 6 nitrogen and oxygen atoms in total. The van der Waals surface area contributed by atoms with E-state index in [1.807, 2.05) is 37.7 Å². The molecule has 21 heavy (non-hydrogen) atoms. The van der Waals surface area contributed by atoms with E-state index in [1.165, 1.54) is 11.8 Å². The van der Waals surface area contributed by atoms with Crippen molar-refractivity contribution in [1.29, 1.82) is 0 Å². The maximum Gasteiger partial charge on any atom is 0.233 e. The number of carbonyl (C=O) groups is 1. The molecule has 0 aliphatic carbocycles. The van der Waals surface area contributed by atoms with Crippen molar-refractivity contribution < 1.29 is 9.32 Å². The van der Waals surface area contributed by atoms with E-state index in [0.717, 1.165) is 16.6 Å². The summed E-state index contributed by atoms with van der Waals surface area (Å²) in [6, 6.07) is 1.90. The molecule has 0 spiro atoms. The van der Waals surface area contributed by atoms with Crippen LogP contribution in [-0.4, -0.2) is 38.3 Å². The number of aryl methyl sites for hydroxylation is 1. The molecule has 0 atom stereocenters. The Hall–Kier alpha value is -1.76. The van der Waals surface area contributed by atoms with Gasteiger partial charge in [-0.2, -0.15) is 0 Å². The molecule has 0 unspecified atom stereocenters. The summed E-state index contributed by atoms with van der Waals surface area (Å²) in [5.41, 5.74) is 0.775. The molecular formula is C14H20N4O2S. The monoisotopic (exact) mass is 308 g/mol. The lowest BCUT2D eigenvalue weighted by atomic mass is 10.1. The van der Waals surface area contributed by atoms with Gasteiger partial charge in [-0.25, -0.2) is 4.98 Å². The van der Waals surface area contributed by atoms with Gasteiger partial charge in [-0.3, -0.25) is 4.79 Å². The van der Waals surface area contributed by atoms with Crippen molar-refractivity contribution in [3.63, 3.8) is 0 Å². The van der Waals surface area contributed by atoms with Crippen molar-refractivity contribution in [3.8, 4) is 0 Å². The van der Waals surface area contributed by atoms with Crippen LogP contribution in [0.15, 0.2) is 28.1 Å². The number of amides is 1. The average Bonchev–Trinajstić information content (AvgIpc) is 3.05. The molecule has 0 fully saturated rings. The Labute approximate surface area is 128 Å². The molecule has 2 rings (SSSR count). The number of imidazole rings is 1. The van der Waals surface area contributed by atoms with Crippen molar-refractivity contribution in [1.82, 2.24) is 19.6 Å². The van der Waals surface area contributed by atoms with E-state index in [0.29, 0.717) is 18.2 Å². The van der Waals surface area contributed by atoms with Crippen LogP contribution in [0.3, 0.4) is 0 Å². The lowest BCUT2D eigenvalue weighted by Gasteiger charge is -2.14. The number of nitrogens with zero attached hydrogens (tertiary/aromatic N) is 4.